The van der Waals surface area contributed by atoms with Gasteiger partial charge in [0.2, 0.25) is 0 Å². The summed E-state index contributed by atoms with van der Waals surface area (Å²) >= 11 is 3.13. The van der Waals surface area contributed by atoms with Gasteiger partial charge in [-0.25, -0.2) is 4.79 Å². The first kappa shape index (κ1) is 18.1. The number of alkyl halides is 3. The molecule has 7 heteroatoms. The topological polar surface area (TPSA) is 26.3 Å². The fourth-order valence-electron chi connectivity index (χ4n) is 1.81. The van der Waals surface area contributed by atoms with Crippen LogP contribution in [0.15, 0.2) is 52.3 Å². The fourth-order valence-corrected chi connectivity index (χ4v) is 3.12. The predicted molar refractivity (Wildman–Crippen MR) is 90.7 cm³/mol. The second-order valence-corrected chi connectivity index (χ2v) is 6.85. The molecule has 0 aliphatic rings. The first-order valence-electron chi connectivity index (χ1n) is 6.63. The van der Waals surface area contributed by atoms with Crippen LogP contribution in [0.5, 0.6) is 0 Å². The van der Waals surface area contributed by atoms with E-state index in [0.29, 0.717) is 4.90 Å². The number of carbonyl (C=O) groups excluding carboxylic acids is 1. The molecule has 0 unspecified atom stereocenters. The van der Waals surface area contributed by atoms with Crippen LogP contribution < -0.4 is 0 Å². The normalized spacial score (nSPS) is 11.3. The molecule has 23 heavy (non-hydrogen) atoms. The van der Waals surface area contributed by atoms with E-state index in [4.69, 9.17) is 4.74 Å². The van der Waals surface area contributed by atoms with E-state index in [9.17, 15) is 18.0 Å². The zero-order valence-electron chi connectivity index (χ0n) is 12.0. The zero-order chi connectivity index (χ0) is 17.0. The smallest absolute Gasteiger partial charge is 0.417 e. The van der Waals surface area contributed by atoms with Gasteiger partial charge in [0.05, 0.1) is 17.7 Å². The summed E-state index contributed by atoms with van der Waals surface area (Å²) in [6, 6.07) is 10.6. The molecule has 0 atom stereocenters. The Morgan fingerprint density at radius 2 is 1.83 bits per heavy atom. The van der Waals surface area contributed by atoms with E-state index in [0.717, 1.165) is 21.4 Å². The van der Waals surface area contributed by atoms with Crippen LogP contribution in [0, 0.1) is 3.57 Å². The minimum Gasteiger partial charge on any atom is -0.462 e. The van der Waals surface area contributed by atoms with E-state index < -0.39 is 17.7 Å². The van der Waals surface area contributed by atoms with E-state index in [-0.39, 0.29) is 17.1 Å². The van der Waals surface area contributed by atoms with E-state index in [1.807, 2.05) is 12.1 Å². The largest absolute Gasteiger partial charge is 0.462 e. The molecule has 0 amide bonds. The van der Waals surface area contributed by atoms with Crippen LogP contribution in [0.25, 0.3) is 0 Å². The highest BCUT2D eigenvalue weighted by molar-refractivity contribution is 14.1. The van der Waals surface area contributed by atoms with Crippen LogP contribution in [0.1, 0.15) is 22.8 Å². The summed E-state index contributed by atoms with van der Waals surface area (Å²) < 4.78 is 45.6. The van der Waals surface area contributed by atoms with Gasteiger partial charge in [-0.05, 0) is 72.0 Å². The lowest BCUT2D eigenvalue weighted by atomic mass is 10.1. The van der Waals surface area contributed by atoms with Crippen LogP contribution >= 0.6 is 34.4 Å². The third-order valence-corrected chi connectivity index (χ3v) is 4.64. The van der Waals surface area contributed by atoms with E-state index in [1.165, 1.54) is 12.1 Å². The number of carbonyl (C=O) groups is 1. The molecule has 0 aliphatic heterocycles. The highest BCUT2D eigenvalue weighted by Gasteiger charge is 2.34. The molecule has 2 aromatic carbocycles. The van der Waals surface area contributed by atoms with Crippen molar-refractivity contribution in [3.05, 3.63) is 57.2 Å². The van der Waals surface area contributed by atoms with Crippen molar-refractivity contribution < 1.29 is 22.7 Å². The molecule has 2 nitrogen and oxygen atoms in total. The zero-order valence-corrected chi connectivity index (χ0v) is 15.0. The Morgan fingerprint density at radius 3 is 2.39 bits per heavy atom. The molecule has 2 rings (SSSR count). The Bertz CT molecular complexity index is 699. The number of benzene rings is 2. The van der Waals surface area contributed by atoms with Crippen molar-refractivity contribution in [2.24, 2.45) is 0 Å². The minimum atomic E-state index is -4.55. The first-order valence-corrected chi connectivity index (χ1v) is 8.52. The summed E-state index contributed by atoms with van der Waals surface area (Å²) in [5.74, 6) is -0.760. The molecule has 0 saturated heterocycles. The summed E-state index contributed by atoms with van der Waals surface area (Å²) in [6.07, 6.45) is -4.55. The van der Waals surface area contributed by atoms with Crippen molar-refractivity contribution in [1.82, 2.24) is 0 Å². The van der Waals surface area contributed by atoms with Gasteiger partial charge in [-0.2, -0.15) is 13.2 Å². The second-order valence-electron chi connectivity index (χ2n) is 4.49. The quantitative estimate of drug-likeness (QED) is 0.444. The average Bonchev–Trinajstić information content (AvgIpc) is 2.49. The van der Waals surface area contributed by atoms with Crippen LogP contribution in [-0.4, -0.2) is 12.6 Å². The summed E-state index contributed by atoms with van der Waals surface area (Å²) in [4.78, 5) is 12.4. The summed E-state index contributed by atoms with van der Waals surface area (Å²) in [7, 11) is 0. The van der Waals surface area contributed by atoms with E-state index in [2.05, 4.69) is 22.6 Å². The van der Waals surface area contributed by atoms with E-state index in [1.54, 1.807) is 19.1 Å². The van der Waals surface area contributed by atoms with Gasteiger partial charge in [0, 0.05) is 13.4 Å². The van der Waals surface area contributed by atoms with Crippen molar-refractivity contribution in [1.29, 1.82) is 0 Å². The SMILES string of the molecule is CCOC(=O)c1ccc(Sc2ccc(I)cc2)c(C(F)(F)F)c1. The molecule has 0 aromatic heterocycles. The number of hydrogen-bond acceptors (Lipinski definition) is 3. The summed E-state index contributed by atoms with van der Waals surface area (Å²) in [6.45, 7) is 1.71. The Hall–Kier alpha value is -1.22. The molecule has 0 radical (unpaired) electrons. The number of rotatable bonds is 4. The highest BCUT2D eigenvalue weighted by Crippen LogP contribution is 2.40. The van der Waals surface area contributed by atoms with Crippen LogP contribution in [0.3, 0.4) is 0 Å². The van der Waals surface area contributed by atoms with E-state index >= 15 is 0 Å². The Kier molecular flexibility index (Phi) is 5.96. The molecule has 2 aromatic rings. The molecule has 0 spiro atoms. The fraction of sp³-hybridized carbons (Fsp3) is 0.188. The number of ether oxygens (including phenoxy) is 1. The molecule has 0 aliphatic carbocycles. The maximum Gasteiger partial charge on any atom is 0.417 e. The van der Waals surface area contributed by atoms with Gasteiger partial charge in [0.15, 0.2) is 0 Å². The lowest BCUT2D eigenvalue weighted by Gasteiger charge is -2.14. The molecular weight excluding hydrogens is 440 g/mol. The van der Waals surface area contributed by atoms with Crippen molar-refractivity contribution >= 4 is 40.3 Å². The lowest BCUT2D eigenvalue weighted by molar-refractivity contribution is -0.139. The standard InChI is InChI=1S/C16H12F3IO2S/c1-2-22-15(21)10-3-8-14(13(9-10)16(17,18)19)23-12-6-4-11(20)5-7-12/h3-9H,2H2,1H3. The van der Waals surface area contributed by atoms with Gasteiger partial charge in [0.1, 0.15) is 0 Å². The molecule has 0 bridgehead atoms. The number of esters is 1. The van der Waals surface area contributed by atoms with Gasteiger partial charge in [-0.3, -0.25) is 0 Å². The Balaban J connectivity index is 2.38. The van der Waals surface area contributed by atoms with Gasteiger partial charge in [-0.1, -0.05) is 11.8 Å². The van der Waals surface area contributed by atoms with Gasteiger partial charge < -0.3 is 4.74 Å². The lowest BCUT2D eigenvalue weighted by Crippen LogP contribution is -2.11. The summed E-state index contributed by atoms with van der Waals surface area (Å²) in [5, 5.41) is 0. The van der Waals surface area contributed by atoms with Gasteiger partial charge in [0.25, 0.3) is 0 Å². The predicted octanol–water partition coefficient (Wildman–Crippen LogP) is 5.64. The molecule has 0 fully saturated rings. The van der Waals surface area contributed by atoms with Crippen molar-refractivity contribution in [3.63, 3.8) is 0 Å². The third-order valence-electron chi connectivity index (χ3n) is 2.84. The molecule has 0 heterocycles. The first-order chi connectivity index (χ1) is 10.8. The van der Waals surface area contributed by atoms with Crippen LogP contribution in [0.2, 0.25) is 0 Å². The van der Waals surface area contributed by atoms with Crippen molar-refractivity contribution in [2.75, 3.05) is 6.61 Å². The van der Waals surface area contributed by atoms with Crippen LogP contribution in [-0.2, 0) is 10.9 Å². The van der Waals surface area contributed by atoms with Crippen molar-refractivity contribution in [3.8, 4) is 0 Å². The van der Waals surface area contributed by atoms with Crippen molar-refractivity contribution in [2.45, 2.75) is 22.9 Å². The molecule has 122 valence electrons. The Morgan fingerprint density at radius 1 is 1.17 bits per heavy atom. The number of hydrogen-bond donors (Lipinski definition) is 0. The van der Waals surface area contributed by atoms with Crippen LogP contribution in [0.4, 0.5) is 13.2 Å². The van der Waals surface area contributed by atoms with Gasteiger partial charge in [-0.15, -0.1) is 0 Å². The molecule has 0 saturated carbocycles. The molecule has 0 N–H and O–H groups in total. The van der Waals surface area contributed by atoms with Gasteiger partial charge >= 0.3 is 12.1 Å². The maximum absolute atomic E-state index is 13.3. The maximum atomic E-state index is 13.3. The third kappa shape index (κ3) is 4.87. The minimum absolute atomic E-state index is 0.0479. The highest BCUT2D eigenvalue weighted by atomic mass is 127. The monoisotopic (exact) mass is 452 g/mol. The molecular formula is C16H12F3IO2S. The summed E-state index contributed by atoms with van der Waals surface area (Å²) in [5.41, 5.74) is -0.947. The Labute approximate surface area is 149 Å². The number of halogens is 4. The average molecular weight is 452 g/mol. The second kappa shape index (κ2) is 7.57.